The van der Waals surface area contributed by atoms with Crippen LogP contribution in [-0.4, -0.2) is 28.0 Å². The van der Waals surface area contributed by atoms with Crippen LogP contribution in [0.3, 0.4) is 0 Å². The Kier molecular flexibility index (Phi) is 7.27. The van der Waals surface area contributed by atoms with Crippen molar-refractivity contribution in [2.75, 3.05) is 6.61 Å². The van der Waals surface area contributed by atoms with Crippen molar-refractivity contribution in [1.29, 1.82) is 0 Å². The number of aromatic nitrogens is 1. The molecule has 1 fully saturated rings. The largest absolute Gasteiger partial charge is 0.493 e. The van der Waals surface area contributed by atoms with Gasteiger partial charge < -0.3 is 4.74 Å². The molecule has 2 aromatic rings. The first-order valence-electron chi connectivity index (χ1n) is 9.34. The molecule has 1 aromatic carbocycles. The van der Waals surface area contributed by atoms with E-state index in [9.17, 15) is 9.59 Å². The summed E-state index contributed by atoms with van der Waals surface area (Å²) in [6.07, 6.45) is 7.47. The number of thioether (sulfide) groups is 1. The summed E-state index contributed by atoms with van der Waals surface area (Å²) in [7, 11) is 0. The molecule has 2 amide bonds. The van der Waals surface area contributed by atoms with Crippen molar-refractivity contribution in [3.8, 4) is 5.75 Å². The topological polar surface area (TPSA) is 68.3 Å². The van der Waals surface area contributed by atoms with Crippen LogP contribution in [0.1, 0.15) is 36.9 Å². The molecule has 0 spiro atoms. The number of unbranched alkanes of at least 4 members (excludes halogenated alkanes) is 2. The molecule has 0 aliphatic carbocycles. The van der Waals surface area contributed by atoms with Crippen molar-refractivity contribution in [3.05, 3.63) is 59.9 Å². The minimum Gasteiger partial charge on any atom is -0.493 e. The fraction of sp³-hybridized carbons (Fsp3) is 0.381. The predicted octanol–water partition coefficient (Wildman–Crippen LogP) is 4.16. The number of hydrogen-bond acceptors (Lipinski definition) is 5. The second kappa shape index (κ2) is 10.1. The summed E-state index contributed by atoms with van der Waals surface area (Å²) in [5, 5.41) is 1.92. The number of benzene rings is 1. The van der Waals surface area contributed by atoms with Gasteiger partial charge in [-0.25, -0.2) is 0 Å². The van der Waals surface area contributed by atoms with E-state index in [0.717, 1.165) is 61.7 Å². The molecule has 1 saturated heterocycles. The average molecular weight is 385 g/mol. The minimum absolute atomic E-state index is 0.136. The summed E-state index contributed by atoms with van der Waals surface area (Å²) in [6, 6.07) is 14.1. The van der Waals surface area contributed by atoms with Gasteiger partial charge in [0.2, 0.25) is 5.91 Å². The Labute approximate surface area is 163 Å². The van der Waals surface area contributed by atoms with Crippen molar-refractivity contribution in [1.82, 2.24) is 10.3 Å². The lowest BCUT2D eigenvalue weighted by atomic mass is 10.1. The SMILES string of the molecule is O=C1NC(=O)C(CCCCCc2ccc(OCCc3ccccn3)cc2)S1. The molecule has 1 aliphatic heterocycles. The molecular weight excluding hydrogens is 360 g/mol. The maximum absolute atomic E-state index is 11.5. The summed E-state index contributed by atoms with van der Waals surface area (Å²) in [5.41, 5.74) is 2.32. The van der Waals surface area contributed by atoms with E-state index in [-0.39, 0.29) is 16.4 Å². The predicted molar refractivity (Wildman–Crippen MR) is 107 cm³/mol. The zero-order valence-corrected chi connectivity index (χ0v) is 16.0. The van der Waals surface area contributed by atoms with E-state index >= 15 is 0 Å². The van der Waals surface area contributed by atoms with E-state index in [1.807, 2.05) is 30.3 Å². The molecule has 0 saturated carbocycles. The molecule has 0 bridgehead atoms. The lowest BCUT2D eigenvalue weighted by Gasteiger charge is -2.08. The van der Waals surface area contributed by atoms with Crippen molar-refractivity contribution in [2.45, 2.75) is 43.8 Å². The van der Waals surface area contributed by atoms with Crippen LogP contribution in [0.25, 0.3) is 0 Å². The van der Waals surface area contributed by atoms with Crippen LogP contribution < -0.4 is 10.1 Å². The van der Waals surface area contributed by atoms with E-state index < -0.39 is 0 Å². The van der Waals surface area contributed by atoms with E-state index in [1.54, 1.807) is 6.20 Å². The Bertz CT molecular complexity index is 750. The number of imide groups is 1. The highest BCUT2D eigenvalue weighted by Gasteiger charge is 2.30. The van der Waals surface area contributed by atoms with Crippen molar-refractivity contribution < 1.29 is 14.3 Å². The molecule has 6 heteroatoms. The number of aryl methyl sites for hydroxylation is 1. The number of carbonyl (C=O) groups is 2. The monoisotopic (exact) mass is 384 g/mol. The Morgan fingerprint density at radius 1 is 1.00 bits per heavy atom. The molecule has 1 N–H and O–H groups in total. The molecule has 5 nitrogen and oxygen atoms in total. The van der Waals surface area contributed by atoms with Crippen LogP contribution in [-0.2, 0) is 17.6 Å². The third-order valence-corrected chi connectivity index (χ3v) is 5.53. The lowest BCUT2D eigenvalue weighted by molar-refractivity contribution is -0.119. The van der Waals surface area contributed by atoms with Crippen LogP contribution >= 0.6 is 11.8 Å². The van der Waals surface area contributed by atoms with Crippen molar-refractivity contribution >= 4 is 22.9 Å². The van der Waals surface area contributed by atoms with Gasteiger partial charge in [0.1, 0.15) is 5.75 Å². The van der Waals surface area contributed by atoms with E-state index in [1.165, 1.54) is 5.56 Å². The smallest absolute Gasteiger partial charge is 0.286 e. The van der Waals surface area contributed by atoms with Crippen molar-refractivity contribution in [3.63, 3.8) is 0 Å². The molecule has 3 rings (SSSR count). The quantitative estimate of drug-likeness (QED) is 0.623. The maximum atomic E-state index is 11.5. The van der Waals surface area contributed by atoms with Gasteiger partial charge in [0.15, 0.2) is 0 Å². The molecule has 142 valence electrons. The highest BCUT2D eigenvalue weighted by atomic mass is 32.2. The highest BCUT2D eigenvalue weighted by molar-refractivity contribution is 8.15. The second-order valence-corrected chi connectivity index (χ2v) is 7.72. The van der Waals surface area contributed by atoms with Gasteiger partial charge >= 0.3 is 0 Å². The van der Waals surface area contributed by atoms with Crippen LogP contribution in [0, 0.1) is 0 Å². The third-order valence-electron chi connectivity index (χ3n) is 4.48. The van der Waals surface area contributed by atoms with E-state index in [4.69, 9.17) is 4.74 Å². The number of ether oxygens (including phenoxy) is 1. The van der Waals surface area contributed by atoms with Gasteiger partial charge in [-0.15, -0.1) is 0 Å². The molecule has 0 radical (unpaired) electrons. The van der Waals surface area contributed by atoms with Gasteiger partial charge in [0.05, 0.1) is 11.9 Å². The van der Waals surface area contributed by atoms with Gasteiger partial charge in [0, 0.05) is 18.3 Å². The Morgan fingerprint density at radius 3 is 2.56 bits per heavy atom. The van der Waals surface area contributed by atoms with Gasteiger partial charge in [-0.3, -0.25) is 19.9 Å². The normalized spacial score (nSPS) is 16.4. The molecule has 1 unspecified atom stereocenters. The first-order valence-corrected chi connectivity index (χ1v) is 10.2. The van der Waals surface area contributed by atoms with Gasteiger partial charge in [-0.05, 0) is 49.1 Å². The fourth-order valence-corrected chi connectivity index (χ4v) is 3.86. The highest BCUT2D eigenvalue weighted by Crippen LogP contribution is 2.24. The Morgan fingerprint density at radius 2 is 1.85 bits per heavy atom. The standard InChI is InChI=1S/C21H24N2O3S/c24-20-19(27-21(25)23-20)8-3-1-2-6-16-9-11-18(12-10-16)26-15-13-17-7-4-5-14-22-17/h4-5,7,9-12,14,19H,1-3,6,8,13,15H2,(H,23,24,25). The summed E-state index contributed by atoms with van der Waals surface area (Å²) >= 11 is 1.12. The number of carbonyl (C=O) groups excluding carboxylic acids is 2. The van der Waals surface area contributed by atoms with Gasteiger partial charge in [-0.1, -0.05) is 42.8 Å². The average Bonchev–Trinajstić information content (AvgIpc) is 3.01. The summed E-state index contributed by atoms with van der Waals surface area (Å²) in [6.45, 7) is 0.617. The van der Waals surface area contributed by atoms with Crippen LogP contribution in [0.2, 0.25) is 0 Å². The molecule has 27 heavy (non-hydrogen) atoms. The zero-order valence-electron chi connectivity index (χ0n) is 15.2. The van der Waals surface area contributed by atoms with Gasteiger partial charge in [0.25, 0.3) is 5.24 Å². The maximum Gasteiger partial charge on any atom is 0.286 e. The summed E-state index contributed by atoms with van der Waals surface area (Å²) < 4.78 is 5.78. The Balaban J connectivity index is 1.30. The fourth-order valence-electron chi connectivity index (χ4n) is 2.99. The minimum atomic E-state index is -0.215. The number of hydrogen-bond donors (Lipinski definition) is 1. The zero-order chi connectivity index (χ0) is 18.9. The number of nitrogens with zero attached hydrogens (tertiary/aromatic N) is 1. The van der Waals surface area contributed by atoms with Crippen LogP contribution in [0.15, 0.2) is 48.7 Å². The van der Waals surface area contributed by atoms with E-state index in [0.29, 0.717) is 6.61 Å². The van der Waals surface area contributed by atoms with Crippen molar-refractivity contribution in [2.24, 2.45) is 0 Å². The number of nitrogens with one attached hydrogen (secondary N) is 1. The second-order valence-electron chi connectivity index (χ2n) is 6.55. The van der Waals surface area contributed by atoms with Gasteiger partial charge in [-0.2, -0.15) is 0 Å². The molecular formula is C21H24N2O3S. The third kappa shape index (κ3) is 6.40. The van der Waals surface area contributed by atoms with Crippen LogP contribution in [0.4, 0.5) is 4.79 Å². The summed E-state index contributed by atoms with van der Waals surface area (Å²) in [4.78, 5) is 26.9. The van der Waals surface area contributed by atoms with Crippen LogP contribution in [0.5, 0.6) is 5.75 Å². The number of pyridine rings is 1. The number of rotatable bonds is 10. The molecule has 2 heterocycles. The Hall–Kier alpha value is -2.34. The first-order chi connectivity index (χ1) is 13.2. The first kappa shape index (κ1) is 19.4. The van der Waals surface area contributed by atoms with E-state index in [2.05, 4.69) is 22.4 Å². The molecule has 1 atom stereocenters. The number of amides is 2. The lowest BCUT2D eigenvalue weighted by Crippen LogP contribution is -2.24. The summed E-state index contributed by atoms with van der Waals surface area (Å²) in [5.74, 6) is 0.743. The molecule has 1 aromatic heterocycles. The molecule has 1 aliphatic rings.